The number of carbonyl (C=O) groups excluding carboxylic acids is 1. The fourth-order valence-corrected chi connectivity index (χ4v) is 3.38. The van der Waals surface area contributed by atoms with Gasteiger partial charge in [-0.2, -0.15) is 0 Å². The summed E-state index contributed by atoms with van der Waals surface area (Å²) in [5.74, 6) is -0.0565. The van der Waals surface area contributed by atoms with Crippen molar-refractivity contribution in [1.82, 2.24) is 9.88 Å². The van der Waals surface area contributed by atoms with E-state index in [1.165, 1.54) is 16.6 Å². The first kappa shape index (κ1) is 17.1. The SMILES string of the molecule is Cc1cc2cc(CNC(=O)c3ccc(-c4ccccc4)cc3)ccc2n1C. The maximum Gasteiger partial charge on any atom is 0.251 e. The molecule has 0 aliphatic rings. The van der Waals surface area contributed by atoms with Crippen molar-refractivity contribution < 1.29 is 4.79 Å². The third kappa shape index (κ3) is 3.49. The Balaban J connectivity index is 1.45. The average Bonchev–Trinajstić information content (AvgIpc) is 3.00. The van der Waals surface area contributed by atoms with Crippen molar-refractivity contribution in [2.75, 3.05) is 0 Å². The number of rotatable bonds is 4. The van der Waals surface area contributed by atoms with Crippen molar-refractivity contribution in [1.29, 1.82) is 0 Å². The van der Waals surface area contributed by atoms with Crippen LogP contribution in [-0.4, -0.2) is 10.5 Å². The summed E-state index contributed by atoms with van der Waals surface area (Å²) < 4.78 is 2.17. The van der Waals surface area contributed by atoms with Crippen LogP contribution >= 0.6 is 0 Å². The summed E-state index contributed by atoms with van der Waals surface area (Å²) in [5, 5.41) is 4.22. The van der Waals surface area contributed by atoms with Crippen LogP contribution in [0.4, 0.5) is 0 Å². The quantitative estimate of drug-likeness (QED) is 0.544. The third-order valence-electron chi connectivity index (χ3n) is 5.05. The lowest BCUT2D eigenvalue weighted by Gasteiger charge is -2.07. The zero-order chi connectivity index (χ0) is 18.8. The first-order chi connectivity index (χ1) is 13.1. The summed E-state index contributed by atoms with van der Waals surface area (Å²) >= 11 is 0. The van der Waals surface area contributed by atoms with E-state index in [0.717, 1.165) is 16.7 Å². The minimum atomic E-state index is -0.0565. The number of benzene rings is 3. The van der Waals surface area contributed by atoms with Crippen LogP contribution in [0.3, 0.4) is 0 Å². The summed E-state index contributed by atoms with van der Waals surface area (Å²) in [6, 6.07) is 26.4. The Labute approximate surface area is 159 Å². The van der Waals surface area contributed by atoms with Crippen LogP contribution in [-0.2, 0) is 13.6 Å². The third-order valence-corrected chi connectivity index (χ3v) is 5.05. The maximum atomic E-state index is 12.5. The van der Waals surface area contributed by atoms with Crippen molar-refractivity contribution in [3.8, 4) is 11.1 Å². The Morgan fingerprint density at radius 1 is 0.889 bits per heavy atom. The summed E-state index contributed by atoms with van der Waals surface area (Å²) in [7, 11) is 2.07. The molecule has 4 aromatic rings. The van der Waals surface area contributed by atoms with Crippen LogP contribution in [0.25, 0.3) is 22.0 Å². The molecule has 1 aromatic heterocycles. The molecule has 3 aromatic carbocycles. The number of nitrogens with one attached hydrogen (secondary N) is 1. The van der Waals surface area contributed by atoms with Crippen LogP contribution in [0.2, 0.25) is 0 Å². The molecule has 0 saturated carbocycles. The molecular formula is C24H22N2O. The summed E-state index contributed by atoms with van der Waals surface area (Å²) in [4.78, 5) is 12.5. The predicted octanol–water partition coefficient (Wildman–Crippen LogP) is 5.08. The van der Waals surface area contributed by atoms with Gasteiger partial charge in [-0.05, 0) is 53.9 Å². The maximum absolute atomic E-state index is 12.5. The lowest BCUT2D eigenvalue weighted by atomic mass is 10.0. The van der Waals surface area contributed by atoms with E-state index < -0.39 is 0 Å². The van der Waals surface area contributed by atoms with E-state index in [1.54, 1.807) is 0 Å². The molecule has 0 fully saturated rings. The molecule has 27 heavy (non-hydrogen) atoms. The number of hydrogen-bond acceptors (Lipinski definition) is 1. The zero-order valence-corrected chi connectivity index (χ0v) is 15.6. The Morgan fingerprint density at radius 2 is 1.59 bits per heavy atom. The molecule has 134 valence electrons. The van der Waals surface area contributed by atoms with Crippen molar-refractivity contribution >= 4 is 16.8 Å². The second kappa shape index (κ2) is 7.12. The van der Waals surface area contributed by atoms with E-state index in [-0.39, 0.29) is 5.91 Å². The molecule has 4 rings (SSSR count). The number of amides is 1. The van der Waals surface area contributed by atoms with E-state index in [2.05, 4.69) is 60.3 Å². The van der Waals surface area contributed by atoms with Gasteiger partial charge in [0, 0.05) is 35.8 Å². The highest BCUT2D eigenvalue weighted by Gasteiger charge is 2.07. The minimum Gasteiger partial charge on any atom is -0.348 e. The molecule has 3 heteroatoms. The molecule has 0 radical (unpaired) electrons. The monoisotopic (exact) mass is 354 g/mol. The number of hydrogen-bond donors (Lipinski definition) is 1. The molecule has 0 spiro atoms. The number of carbonyl (C=O) groups is 1. The Kier molecular flexibility index (Phi) is 4.51. The number of aryl methyl sites for hydroxylation is 2. The molecule has 0 bridgehead atoms. The molecular weight excluding hydrogens is 332 g/mol. The Bertz CT molecular complexity index is 1090. The van der Waals surface area contributed by atoms with Crippen LogP contribution in [0.1, 0.15) is 21.6 Å². The minimum absolute atomic E-state index is 0.0565. The van der Waals surface area contributed by atoms with Gasteiger partial charge in [-0.25, -0.2) is 0 Å². The van der Waals surface area contributed by atoms with Crippen LogP contribution in [0, 0.1) is 6.92 Å². The molecule has 0 aliphatic carbocycles. The van der Waals surface area contributed by atoms with Crippen molar-refractivity contribution in [3.05, 3.63) is 95.7 Å². The molecule has 1 amide bonds. The van der Waals surface area contributed by atoms with Gasteiger partial charge in [0.2, 0.25) is 0 Å². The molecule has 0 atom stereocenters. The van der Waals surface area contributed by atoms with Crippen LogP contribution in [0.15, 0.2) is 78.9 Å². The predicted molar refractivity (Wildman–Crippen MR) is 111 cm³/mol. The van der Waals surface area contributed by atoms with E-state index >= 15 is 0 Å². The highest BCUT2D eigenvalue weighted by Crippen LogP contribution is 2.21. The van der Waals surface area contributed by atoms with Gasteiger partial charge in [-0.3, -0.25) is 4.79 Å². The first-order valence-corrected chi connectivity index (χ1v) is 9.10. The highest BCUT2D eigenvalue weighted by molar-refractivity contribution is 5.94. The fraction of sp³-hybridized carbons (Fsp3) is 0.125. The van der Waals surface area contributed by atoms with E-state index in [0.29, 0.717) is 12.1 Å². The molecule has 0 aliphatic heterocycles. The number of aromatic nitrogens is 1. The summed E-state index contributed by atoms with van der Waals surface area (Å²) in [6.45, 7) is 2.61. The topological polar surface area (TPSA) is 34.0 Å². The van der Waals surface area contributed by atoms with Gasteiger partial charge < -0.3 is 9.88 Å². The van der Waals surface area contributed by atoms with Crippen molar-refractivity contribution in [2.45, 2.75) is 13.5 Å². The van der Waals surface area contributed by atoms with E-state index in [1.807, 2.05) is 42.5 Å². The van der Waals surface area contributed by atoms with Gasteiger partial charge in [0.15, 0.2) is 0 Å². The standard InChI is InChI=1S/C24H22N2O/c1-17-14-22-15-18(8-13-23(22)26(17)2)16-25-24(27)21-11-9-20(10-12-21)19-6-4-3-5-7-19/h3-15H,16H2,1-2H3,(H,25,27). The lowest BCUT2D eigenvalue weighted by Crippen LogP contribution is -2.22. The van der Waals surface area contributed by atoms with E-state index in [9.17, 15) is 4.79 Å². The fourth-order valence-electron chi connectivity index (χ4n) is 3.38. The normalized spacial score (nSPS) is 10.9. The van der Waals surface area contributed by atoms with Gasteiger partial charge in [0.1, 0.15) is 0 Å². The Morgan fingerprint density at radius 3 is 2.33 bits per heavy atom. The van der Waals surface area contributed by atoms with Crippen molar-refractivity contribution in [2.24, 2.45) is 7.05 Å². The summed E-state index contributed by atoms with van der Waals surface area (Å²) in [5.41, 5.74) is 6.46. The largest absolute Gasteiger partial charge is 0.348 e. The molecule has 1 N–H and O–H groups in total. The number of fused-ring (bicyclic) bond motifs is 1. The van der Waals surface area contributed by atoms with Crippen LogP contribution in [0.5, 0.6) is 0 Å². The Hall–Kier alpha value is -3.33. The van der Waals surface area contributed by atoms with Gasteiger partial charge in [0.25, 0.3) is 5.91 Å². The van der Waals surface area contributed by atoms with Gasteiger partial charge >= 0.3 is 0 Å². The van der Waals surface area contributed by atoms with Crippen molar-refractivity contribution in [3.63, 3.8) is 0 Å². The van der Waals surface area contributed by atoms with Crippen LogP contribution < -0.4 is 5.32 Å². The lowest BCUT2D eigenvalue weighted by molar-refractivity contribution is 0.0951. The zero-order valence-electron chi connectivity index (χ0n) is 15.6. The second-order valence-electron chi connectivity index (χ2n) is 6.86. The smallest absolute Gasteiger partial charge is 0.251 e. The van der Waals surface area contributed by atoms with Gasteiger partial charge in [-0.1, -0.05) is 48.5 Å². The number of nitrogens with zero attached hydrogens (tertiary/aromatic N) is 1. The van der Waals surface area contributed by atoms with Gasteiger partial charge in [0.05, 0.1) is 0 Å². The summed E-state index contributed by atoms with van der Waals surface area (Å²) in [6.07, 6.45) is 0. The first-order valence-electron chi connectivity index (χ1n) is 9.10. The molecule has 3 nitrogen and oxygen atoms in total. The van der Waals surface area contributed by atoms with Gasteiger partial charge in [-0.15, -0.1) is 0 Å². The van der Waals surface area contributed by atoms with E-state index in [4.69, 9.17) is 0 Å². The molecule has 0 unspecified atom stereocenters. The molecule has 0 saturated heterocycles. The second-order valence-corrected chi connectivity index (χ2v) is 6.86. The highest BCUT2D eigenvalue weighted by atomic mass is 16.1. The average molecular weight is 354 g/mol. The molecule has 1 heterocycles.